The molecule has 0 atom stereocenters. The highest BCUT2D eigenvalue weighted by Crippen LogP contribution is 2.20. The average Bonchev–Trinajstić information content (AvgIpc) is 2.20. The van der Waals surface area contributed by atoms with Crippen molar-refractivity contribution in [3.8, 4) is 0 Å². The van der Waals surface area contributed by atoms with Gasteiger partial charge in [0.05, 0.1) is 0 Å². The summed E-state index contributed by atoms with van der Waals surface area (Å²) in [5.74, 6) is 0. The Balaban J connectivity index is 2.87. The molecule has 0 aliphatic rings. The van der Waals surface area contributed by atoms with E-state index < -0.39 is 0 Å². The Kier molecular flexibility index (Phi) is 4.56. The van der Waals surface area contributed by atoms with Crippen LogP contribution in [0, 0.1) is 6.92 Å². The molecule has 1 aromatic rings. The molecular weight excluding hydrogens is 204 g/mol. The van der Waals surface area contributed by atoms with Crippen molar-refractivity contribution < 1.29 is 0 Å². The molecule has 0 aliphatic carbocycles. The molecule has 0 aliphatic heterocycles. The van der Waals surface area contributed by atoms with E-state index in [0.717, 1.165) is 24.2 Å². The Morgan fingerprint density at radius 2 is 2.20 bits per heavy atom. The Labute approximate surface area is 96.9 Å². The van der Waals surface area contributed by atoms with Crippen LogP contribution in [0.2, 0.25) is 0 Å². The lowest BCUT2D eigenvalue weighted by atomic mass is 10.1. The fourth-order valence-corrected chi connectivity index (χ4v) is 1.67. The molecule has 0 fully saturated rings. The van der Waals surface area contributed by atoms with Gasteiger partial charge in [0.1, 0.15) is 4.99 Å². The van der Waals surface area contributed by atoms with Crippen LogP contribution in [0.15, 0.2) is 18.2 Å². The third-order valence-electron chi connectivity index (χ3n) is 2.37. The number of para-hydroxylation sites is 1. The largest absolute Gasteiger partial charge is 0.389 e. The maximum atomic E-state index is 5.68. The van der Waals surface area contributed by atoms with E-state index in [4.69, 9.17) is 18.0 Å². The first-order chi connectivity index (χ1) is 7.16. The van der Waals surface area contributed by atoms with E-state index in [2.05, 4.69) is 25.2 Å². The highest BCUT2D eigenvalue weighted by molar-refractivity contribution is 7.80. The molecule has 0 heterocycles. The minimum absolute atomic E-state index is 0.456. The molecule has 0 bridgehead atoms. The van der Waals surface area contributed by atoms with Crippen molar-refractivity contribution in [2.75, 3.05) is 11.9 Å². The van der Waals surface area contributed by atoms with Gasteiger partial charge in [0.25, 0.3) is 0 Å². The summed E-state index contributed by atoms with van der Waals surface area (Å²) in [7, 11) is 0. The first kappa shape index (κ1) is 12.0. The van der Waals surface area contributed by atoms with Gasteiger partial charge in [0.2, 0.25) is 0 Å². The van der Waals surface area contributed by atoms with Gasteiger partial charge < -0.3 is 11.1 Å². The number of thiocarbonyl (C=S) groups is 1. The van der Waals surface area contributed by atoms with Crippen LogP contribution < -0.4 is 11.1 Å². The maximum Gasteiger partial charge on any atom is 0.106 e. The normalized spacial score (nSPS) is 10.0. The number of unbranched alkanes of at least 4 members (excludes halogenated alkanes) is 1. The molecule has 3 N–H and O–H groups in total. The zero-order chi connectivity index (χ0) is 11.3. The number of anilines is 1. The quantitative estimate of drug-likeness (QED) is 0.594. The van der Waals surface area contributed by atoms with E-state index in [0.29, 0.717) is 4.99 Å². The van der Waals surface area contributed by atoms with Gasteiger partial charge in [-0.3, -0.25) is 0 Å². The molecule has 1 rings (SSSR count). The molecule has 0 radical (unpaired) electrons. The molecule has 0 saturated heterocycles. The van der Waals surface area contributed by atoms with Crippen LogP contribution in [0.5, 0.6) is 0 Å². The molecule has 0 amide bonds. The second-order valence-corrected chi connectivity index (χ2v) is 4.08. The Morgan fingerprint density at radius 3 is 2.80 bits per heavy atom. The van der Waals surface area contributed by atoms with E-state index in [1.807, 2.05) is 12.1 Å². The highest BCUT2D eigenvalue weighted by atomic mass is 32.1. The van der Waals surface area contributed by atoms with Crippen molar-refractivity contribution in [3.05, 3.63) is 29.3 Å². The van der Waals surface area contributed by atoms with E-state index in [-0.39, 0.29) is 0 Å². The number of aryl methyl sites for hydroxylation is 1. The van der Waals surface area contributed by atoms with Gasteiger partial charge in [0.15, 0.2) is 0 Å². The van der Waals surface area contributed by atoms with Crippen molar-refractivity contribution in [1.82, 2.24) is 0 Å². The summed E-state index contributed by atoms with van der Waals surface area (Å²) in [5, 5.41) is 3.40. The first-order valence-electron chi connectivity index (χ1n) is 5.30. The zero-order valence-corrected chi connectivity index (χ0v) is 10.2. The molecular formula is C12H18N2S. The number of benzene rings is 1. The van der Waals surface area contributed by atoms with Gasteiger partial charge in [0, 0.05) is 17.8 Å². The van der Waals surface area contributed by atoms with E-state index in [1.54, 1.807) is 0 Å². The van der Waals surface area contributed by atoms with Crippen molar-refractivity contribution in [1.29, 1.82) is 0 Å². The lowest BCUT2D eigenvalue weighted by Gasteiger charge is -2.13. The standard InChI is InChI=1S/C12H18N2S/c1-3-4-8-14-11-9(2)6-5-7-10(11)12(13)15/h5-7,14H,3-4,8H2,1-2H3,(H2,13,15). The van der Waals surface area contributed by atoms with Crippen LogP contribution in [0.1, 0.15) is 30.9 Å². The molecule has 0 saturated carbocycles. The molecule has 0 aromatic heterocycles. The van der Waals surface area contributed by atoms with Crippen molar-refractivity contribution >= 4 is 22.9 Å². The van der Waals surface area contributed by atoms with Crippen LogP contribution in [0.3, 0.4) is 0 Å². The SMILES string of the molecule is CCCCNc1c(C)cccc1C(N)=S. The third kappa shape index (κ3) is 3.20. The number of nitrogens with one attached hydrogen (secondary N) is 1. The topological polar surface area (TPSA) is 38.0 Å². The molecule has 3 heteroatoms. The summed E-state index contributed by atoms with van der Waals surface area (Å²) in [4.78, 5) is 0.456. The van der Waals surface area contributed by atoms with Gasteiger partial charge in [-0.05, 0) is 25.0 Å². The van der Waals surface area contributed by atoms with E-state index in [9.17, 15) is 0 Å². The Bertz CT molecular complexity index is 347. The summed E-state index contributed by atoms with van der Waals surface area (Å²) in [5.41, 5.74) is 8.90. The summed E-state index contributed by atoms with van der Waals surface area (Å²) >= 11 is 5.03. The van der Waals surface area contributed by atoms with Gasteiger partial charge in [-0.1, -0.05) is 37.7 Å². The Morgan fingerprint density at radius 1 is 1.47 bits per heavy atom. The van der Waals surface area contributed by atoms with Crippen LogP contribution in [0.25, 0.3) is 0 Å². The molecule has 15 heavy (non-hydrogen) atoms. The minimum atomic E-state index is 0.456. The second-order valence-electron chi connectivity index (χ2n) is 3.64. The minimum Gasteiger partial charge on any atom is -0.389 e. The second kappa shape index (κ2) is 5.71. The predicted molar refractivity (Wildman–Crippen MR) is 70.5 cm³/mol. The smallest absolute Gasteiger partial charge is 0.106 e. The summed E-state index contributed by atoms with van der Waals surface area (Å²) < 4.78 is 0. The molecule has 2 nitrogen and oxygen atoms in total. The molecule has 0 spiro atoms. The van der Waals surface area contributed by atoms with Crippen LogP contribution >= 0.6 is 12.2 Å². The number of hydrogen-bond donors (Lipinski definition) is 2. The van der Waals surface area contributed by atoms with Gasteiger partial charge >= 0.3 is 0 Å². The van der Waals surface area contributed by atoms with E-state index >= 15 is 0 Å². The zero-order valence-electron chi connectivity index (χ0n) is 9.34. The third-order valence-corrected chi connectivity index (χ3v) is 2.59. The van der Waals surface area contributed by atoms with Crippen LogP contribution in [0.4, 0.5) is 5.69 Å². The number of hydrogen-bond acceptors (Lipinski definition) is 2. The average molecular weight is 222 g/mol. The van der Waals surface area contributed by atoms with Gasteiger partial charge in [-0.25, -0.2) is 0 Å². The highest BCUT2D eigenvalue weighted by Gasteiger charge is 2.06. The predicted octanol–water partition coefficient (Wildman–Crippen LogP) is 2.84. The number of rotatable bonds is 5. The molecule has 0 unspecified atom stereocenters. The fourth-order valence-electron chi connectivity index (χ4n) is 1.50. The number of nitrogens with two attached hydrogens (primary N) is 1. The van der Waals surface area contributed by atoms with E-state index in [1.165, 1.54) is 12.0 Å². The first-order valence-corrected chi connectivity index (χ1v) is 5.71. The maximum absolute atomic E-state index is 5.68. The van der Waals surface area contributed by atoms with Gasteiger partial charge in [-0.2, -0.15) is 0 Å². The monoisotopic (exact) mass is 222 g/mol. The van der Waals surface area contributed by atoms with Crippen molar-refractivity contribution in [2.45, 2.75) is 26.7 Å². The fraction of sp³-hybridized carbons (Fsp3) is 0.417. The summed E-state index contributed by atoms with van der Waals surface area (Å²) in [6.07, 6.45) is 2.34. The molecule has 1 aromatic carbocycles. The summed E-state index contributed by atoms with van der Waals surface area (Å²) in [6.45, 7) is 5.21. The molecule has 82 valence electrons. The lowest BCUT2D eigenvalue weighted by Crippen LogP contribution is -2.14. The lowest BCUT2D eigenvalue weighted by molar-refractivity contribution is 0.833. The van der Waals surface area contributed by atoms with Crippen molar-refractivity contribution in [3.63, 3.8) is 0 Å². The Hall–Kier alpha value is -1.09. The van der Waals surface area contributed by atoms with Crippen molar-refractivity contribution in [2.24, 2.45) is 5.73 Å². The van der Waals surface area contributed by atoms with Gasteiger partial charge in [-0.15, -0.1) is 0 Å². The van der Waals surface area contributed by atoms with Crippen LogP contribution in [-0.2, 0) is 0 Å². The van der Waals surface area contributed by atoms with Crippen LogP contribution in [-0.4, -0.2) is 11.5 Å². The summed E-state index contributed by atoms with van der Waals surface area (Å²) in [6, 6.07) is 6.01.